The number of nitrogens with one attached hydrogen (secondary N) is 1. The molecule has 2 aromatic carbocycles. The van der Waals surface area contributed by atoms with E-state index in [0.717, 1.165) is 43.0 Å². The summed E-state index contributed by atoms with van der Waals surface area (Å²) in [7, 11) is 1.67. The van der Waals surface area contributed by atoms with E-state index < -0.39 is 0 Å². The zero-order valence-electron chi connectivity index (χ0n) is 14.5. The van der Waals surface area contributed by atoms with Gasteiger partial charge >= 0.3 is 0 Å². The lowest BCUT2D eigenvalue weighted by molar-refractivity contribution is -0.0104. The molecule has 1 spiro atoms. The number of aromatic amines is 1. The summed E-state index contributed by atoms with van der Waals surface area (Å²) < 4.78 is 5.20. The summed E-state index contributed by atoms with van der Waals surface area (Å²) >= 11 is 0. The second-order valence-electron chi connectivity index (χ2n) is 7.24. The molecule has 2 aliphatic rings. The predicted molar refractivity (Wildman–Crippen MR) is 97.4 cm³/mol. The van der Waals surface area contributed by atoms with Gasteiger partial charge in [0.2, 0.25) is 0 Å². The molecule has 0 atom stereocenters. The second kappa shape index (κ2) is 5.45. The van der Waals surface area contributed by atoms with Gasteiger partial charge in [-0.3, -0.25) is 4.79 Å². The molecule has 1 N–H and O–H groups in total. The van der Waals surface area contributed by atoms with Crippen LogP contribution in [0.15, 0.2) is 42.5 Å². The van der Waals surface area contributed by atoms with E-state index in [1.165, 1.54) is 5.69 Å². The largest absolute Gasteiger partial charge is 0.497 e. The highest BCUT2D eigenvalue weighted by Crippen LogP contribution is 2.42. The summed E-state index contributed by atoms with van der Waals surface area (Å²) in [5, 5.41) is 10.7. The summed E-state index contributed by atoms with van der Waals surface area (Å²) in [6.07, 6.45) is 0. The van der Waals surface area contributed by atoms with Gasteiger partial charge < -0.3 is 14.5 Å². The number of aromatic nitrogens is 3. The van der Waals surface area contributed by atoms with Crippen LogP contribution in [0.1, 0.15) is 10.4 Å². The Morgan fingerprint density at radius 2 is 1.77 bits per heavy atom. The standard InChI is InChI=1S/C19H19N5O2/c1-26-15-5-3-14(4-6-15)23-9-19(10-23)11-24(12-19)18(25)13-2-7-16-17(8-13)21-22-20-16/h2-8H,9-12H2,1H3,(H,20,21,22). The number of hydrogen-bond acceptors (Lipinski definition) is 5. The van der Waals surface area contributed by atoms with Crippen molar-refractivity contribution in [3.63, 3.8) is 0 Å². The molecule has 0 unspecified atom stereocenters. The number of rotatable bonds is 3. The predicted octanol–water partition coefficient (Wildman–Crippen LogP) is 1.93. The first-order valence-corrected chi connectivity index (χ1v) is 8.65. The molecule has 1 aromatic heterocycles. The average Bonchev–Trinajstić information content (AvgIpc) is 3.07. The fourth-order valence-corrected chi connectivity index (χ4v) is 4.00. The van der Waals surface area contributed by atoms with Gasteiger partial charge in [0.05, 0.1) is 7.11 Å². The van der Waals surface area contributed by atoms with E-state index in [-0.39, 0.29) is 11.3 Å². The Hall–Kier alpha value is -3.09. The Labute approximate surface area is 150 Å². The molecule has 0 bridgehead atoms. The molecule has 7 heteroatoms. The maximum Gasteiger partial charge on any atom is 0.253 e. The maximum absolute atomic E-state index is 12.7. The van der Waals surface area contributed by atoms with Crippen LogP contribution in [0.5, 0.6) is 5.75 Å². The fraction of sp³-hybridized carbons (Fsp3) is 0.316. The summed E-state index contributed by atoms with van der Waals surface area (Å²) in [6.45, 7) is 3.61. The third-order valence-corrected chi connectivity index (χ3v) is 5.39. The number of ether oxygens (including phenoxy) is 1. The van der Waals surface area contributed by atoms with Crippen LogP contribution in [0.4, 0.5) is 5.69 Å². The van der Waals surface area contributed by atoms with Crippen LogP contribution in [0.25, 0.3) is 11.0 Å². The van der Waals surface area contributed by atoms with Crippen molar-refractivity contribution in [3.05, 3.63) is 48.0 Å². The van der Waals surface area contributed by atoms with Crippen molar-refractivity contribution >= 4 is 22.6 Å². The van der Waals surface area contributed by atoms with Gasteiger partial charge in [0.15, 0.2) is 0 Å². The number of hydrogen-bond donors (Lipinski definition) is 1. The van der Waals surface area contributed by atoms with Gasteiger partial charge in [-0.2, -0.15) is 15.4 Å². The minimum absolute atomic E-state index is 0.0726. The number of fused-ring (bicyclic) bond motifs is 1. The van der Waals surface area contributed by atoms with Gasteiger partial charge in [-0.25, -0.2) is 0 Å². The van der Waals surface area contributed by atoms with E-state index in [9.17, 15) is 4.79 Å². The van der Waals surface area contributed by atoms with Gasteiger partial charge in [-0.05, 0) is 42.5 Å². The molecule has 2 fully saturated rings. The number of carbonyl (C=O) groups excluding carboxylic acids is 1. The van der Waals surface area contributed by atoms with Crippen LogP contribution in [0, 0.1) is 5.41 Å². The maximum atomic E-state index is 12.7. The lowest BCUT2D eigenvalue weighted by Gasteiger charge is -2.61. The Kier molecular flexibility index (Phi) is 3.19. The monoisotopic (exact) mass is 349 g/mol. The summed E-state index contributed by atoms with van der Waals surface area (Å²) in [5.41, 5.74) is 3.62. The van der Waals surface area contributed by atoms with E-state index in [1.54, 1.807) is 13.2 Å². The molecule has 2 saturated heterocycles. The average molecular weight is 349 g/mol. The Bertz CT molecular complexity index is 967. The SMILES string of the molecule is COc1ccc(N2CC3(CN(C(=O)c4ccc5n[nH]nc5c4)C3)C2)cc1. The summed E-state index contributed by atoms with van der Waals surface area (Å²) in [5.74, 6) is 0.942. The molecule has 0 aliphatic carbocycles. The second-order valence-corrected chi connectivity index (χ2v) is 7.24. The smallest absolute Gasteiger partial charge is 0.253 e. The Balaban J connectivity index is 1.21. The van der Waals surface area contributed by atoms with Crippen molar-refractivity contribution in [2.45, 2.75) is 0 Å². The molecule has 26 heavy (non-hydrogen) atoms. The van der Waals surface area contributed by atoms with Crippen molar-refractivity contribution in [3.8, 4) is 5.75 Å². The minimum Gasteiger partial charge on any atom is -0.497 e. The van der Waals surface area contributed by atoms with E-state index in [2.05, 4.69) is 32.4 Å². The molecule has 0 radical (unpaired) electrons. The van der Waals surface area contributed by atoms with Gasteiger partial charge in [0.25, 0.3) is 5.91 Å². The van der Waals surface area contributed by atoms with Crippen LogP contribution in [0.3, 0.4) is 0 Å². The highest BCUT2D eigenvalue weighted by molar-refractivity contribution is 5.97. The van der Waals surface area contributed by atoms with Gasteiger partial charge in [0.1, 0.15) is 16.8 Å². The highest BCUT2D eigenvalue weighted by atomic mass is 16.5. The van der Waals surface area contributed by atoms with Gasteiger partial charge in [-0.15, -0.1) is 0 Å². The first-order valence-electron chi connectivity index (χ1n) is 8.65. The van der Waals surface area contributed by atoms with Crippen LogP contribution < -0.4 is 9.64 Å². The first-order chi connectivity index (χ1) is 12.7. The van der Waals surface area contributed by atoms with E-state index >= 15 is 0 Å². The van der Waals surface area contributed by atoms with Crippen molar-refractivity contribution in [1.82, 2.24) is 20.3 Å². The van der Waals surface area contributed by atoms with E-state index in [0.29, 0.717) is 5.56 Å². The van der Waals surface area contributed by atoms with Crippen LogP contribution in [-0.2, 0) is 0 Å². The minimum atomic E-state index is 0.0726. The molecule has 0 saturated carbocycles. The topological polar surface area (TPSA) is 74.3 Å². The molecule has 1 amide bonds. The van der Waals surface area contributed by atoms with Crippen molar-refractivity contribution in [2.24, 2.45) is 5.41 Å². The van der Waals surface area contributed by atoms with Crippen molar-refractivity contribution in [1.29, 1.82) is 0 Å². The Morgan fingerprint density at radius 1 is 1.04 bits per heavy atom. The van der Waals surface area contributed by atoms with E-state index in [1.807, 2.05) is 29.2 Å². The quantitative estimate of drug-likeness (QED) is 0.782. The number of benzene rings is 2. The van der Waals surface area contributed by atoms with Crippen LogP contribution >= 0.6 is 0 Å². The summed E-state index contributed by atoms with van der Waals surface area (Å²) in [4.78, 5) is 17.0. The molecule has 3 aromatic rings. The number of anilines is 1. The molecular formula is C19H19N5O2. The lowest BCUT2D eigenvalue weighted by atomic mass is 9.72. The number of methoxy groups -OCH3 is 1. The van der Waals surface area contributed by atoms with E-state index in [4.69, 9.17) is 4.74 Å². The first kappa shape index (κ1) is 15.2. The molecule has 2 aliphatic heterocycles. The molecule has 132 valence electrons. The zero-order valence-corrected chi connectivity index (χ0v) is 14.5. The molecule has 3 heterocycles. The van der Waals surface area contributed by atoms with Gasteiger partial charge in [-0.1, -0.05) is 0 Å². The molecular weight excluding hydrogens is 330 g/mol. The lowest BCUT2D eigenvalue weighted by Crippen LogP contribution is -2.73. The summed E-state index contributed by atoms with van der Waals surface area (Å²) in [6, 6.07) is 13.6. The third-order valence-electron chi connectivity index (χ3n) is 5.39. The van der Waals surface area contributed by atoms with Crippen molar-refractivity contribution < 1.29 is 9.53 Å². The molecule has 7 nitrogen and oxygen atoms in total. The highest BCUT2D eigenvalue weighted by Gasteiger charge is 2.53. The number of nitrogens with zero attached hydrogens (tertiary/aromatic N) is 4. The zero-order chi connectivity index (χ0) is 17.7. The normalized spacial score (nSPS) is 17.9. The van der Waals surface area contributed by atoms with Crippen LogP contribution in [-0.4, -0.2) is 59.5 Å². The third kappa shape index (κ3) is 2.31. The van der Waals surface area contributed by atoms with Crippen LogP contribution in [0.2, 0.25) is 0 Å². The molecule has 5 rings (SSSR count). The number of amides is 1. The number of likely N-dealkylation sites (tertiary alicyclic amines) is 1. The fourth-order valence-electron chi connectivity index (χ4n) is 4.00. The Morgan fingerprint density at radius 3 is 2.50 bits per heavy atom. The number of carbonyl (C=O) groups is 1. The van der Waals surface area contributed by atoms with Crippen molar-refractivity contribution in [2.75, 3.05) is 38.2 Å². The van der Waals surface area contributed by atoms with Gasteiger partial charge in [0, 0.05) is 42.8 Å². The number of H-pyrrole nitrogens is 1.